The molecule has 0 radical (unpaired) electrons. The third-order valence-corrected chi connectivity index (χ3v) is 5.12. The molecule has 4 heteroatoms. The first kappa shape index (κ1) is 15.4. The van der Waals surface area contributed by atoms with Gasteiger partial charge < -0.3 is 10.1 Å². The van der Waals surface area contributed by atoms with E-state index in [-0.39, 0.29) is 5.97 Å². The van der Waals surface area contributed by atoms with E-state index in [1.807, 2.05) is 36.0 Å². The van der Waals surface area contributed by atoms with Gasteiger partial charge in [-0.1, -0.05) is 12.1 Å². The summed E-state index contributed by atoms with van der Waals surface area (Å²) in [5, 5.41) is 4.47. The summed E-state index contributed by atoms with van der Waals surface area (Å²) in [6.07, 6.45) is 7.39. The Balaban J connectivity index is 1.78. The second-order valence-electron chi connectivity index (χ2n) is 5.28. The van der Waals surface area contributed by atoms with Crippen LogP contribution in [0.4, 0.5) is 0 Å². The number of rotatable bonds is 5. The lowest BCUT2D eigenvalue weighted by atomic mass is 9.95. The maximum atomic E-state index is 11.3. The Bertz CT molecular complexity index is 425. The lowest BCUT2D eigenvalue weighted by molar-refractivity contribution is 0.0600. The van der Waals surface area contributed by atoms with Crippen LogP contribution in [0, 0.1) is 0 Å². The molecule has 1 aliphatic rings. The molecule has 0 saturated heterocycles. The maximum Gasteiger partial charge on any atom is 0.337 e. The van der Waals surface area contributed by atoms with Gasteiger partial charge in [0.05, 0.1) is 12.7 Å². The first-order chi connectivity index (χ1) is 9.72. The van der Waals surface area contributed by atoms with E-state index in [2.05, 4.69) is 11.6 Å². The fourth-order valence-electron chi connectivity index (χ4n) is 2.64. The van der Waals surface area contributed by atoms with E-state index in [0.29, 0.717) is 11.6 Å². The first-order valence-electron chi connectivity index (χ1n) is 7.16. The highest BCUT2D eigenvalue weighted by Gasteiger charge is 2.19. The van der Waals surface area contributed by atoms with Gasteiger partial charge in [-0.3, -0.25) is 0 Å². The van der Waals surface area contributed by atoms with Crippen molar-refractivity contribution in [2.75, 3.05) is 13.4 Å². The van der Waals surface area contributed by atoms with Crippen LogP contribution in [0.25, 0.3) is 0 Å². The Morgan fingerprint density at radius 1 is 1.25 bits per heavy atom. The van der Waals surface area contributed by atoms with Crippen molar-refractivity contribution in [1.82, 2.24) is 5.32 Å². The van der Waals surface area contributed by atoms with Crippen LogP contribution in [-0.4, -0.2) is 30.6 Å². The summed E-state index contributed by atoms with van der Waals surface area (Å²) in [6, 6.07) is 8.28. The molecule has 3 nitrogen and oxygen atoms in total. The van der Waals surface area contributed by atoms with Gasteiger partial charge in [-0.25, -0.2) is 4.79 Å². The SMILES string of the molecule is COC(=O)c1ccc(CNC2CCC(SC)CC2)cc1. The van der Waals surface area contributed by atoms with E-state index in [9.17, 15) is 4.79 Å². The van der Waals surface area contributed by atoms with Crippen LogP contribution in [0.3, 0.4) is 0 Å². The fourth-order valence-corrected chi connectivity index (χ4v) is 3.38. The quantitative estimate of drug-likeness (QED) is 0.846. The third-order valence-electron chi connectivity index (χ3n) is 3.98. The zero-order valence-corrected chi connectivity index (χ0v) is 13.0. The molecular weight excluding hydrogens is 270 g/mol. The summed E-state index contributed by atoms with van der Waals surface area (Å²) < 4.78 is 4.70. The van der Waals surface area contributed by atoms with E-state index >= 15 is 0 Å². The van der Waals surface area contributed by atoms with Crippen molar-refractivity contribution in [1.29, 1.82) is 0 Å². The largest absolute Gasteiger partial charge is 0.465 e. The first-order valence-corrected chi connectivity index (χ1v) is 8.45. The van der Waals surface area contributed by atoms with Crippen LogP contribution in [0.15, 0.2) is 24.3 Å². The van der Waals surface area contributed by atoms with Crippen LogP contribution in [0.1, 0.15) is 41.6 Å². The maximum absolute atomic E-state index is 11.3. The predicted molar refractivity (Wildman–Crippen MR) is 84.2 cm³/mol. The molecule has 0 bridgehead atoms. The van der Waals surface area contributed by atoms with Crippen molar-refractivity contribution in [3.63, 3.8) is 0 Å². The minimum atomic E-state index is -0.278. The van der Waals surface area contributed by atoms with E-state index in [1.165, 1.54) is 38.4 Å². The van der Waals surface area contributed by atoms with Crippen LogP contribution in [0.2, 0.25) is 0 Å². The molecule has 0 amide bonds. The molecule has 20 heavy (non-hydrogen) atoms. The molecule has 1 fully saturated rings. The molecule has 0 aromatic heterocycles. The topological polar surface area (TPSA) is 38.3 Å². The molecule has 1 aromatic rings. The van der Waals surface area contributed by atoms with Crippen LogP contribution in [0.5, 0.6) is 0 Å². The summed E-state index contributed by atoms with van der Waals surface area (Å²) in [7, 11) is 1.41. The van der Waals surface area contributed by atoms with Gasteiger partial charge in [-0.15, -0.1) is 0 Å². The minimum absolute atomic E-state index is 0.278. The van der Waals surface area contributed by atoms with E-state index in [0.717, 1.165) is 11.8 Å². The van der Waals surface area contributed by atoms with E-state index in [4.69, 9.17) is 4.74 Å². The van der Waals surface area contributed by atoms with Gasteiger partial charge in [-0.2, -0.15) is 11.8 Å². The summed E-state index contributed by atoms with van der Waals surface area (Å²) >= 11 is 2.00. The standard InChI is InChI=1S/C16H23NO2S/c1-19-16(18)13-5-3-12(4-6-13)11-17-14-7-9-15(20-2)10-8-14/h3-6,14-15,17H,7-11H2,1-2H3. The number of nitrogens with one attached hydrogen (secondary N) is 1. The summed E-state index contributed by atoms with van der Waals surface area (Å²) in [5.41, 5.74) is 1.82. The molecule has 1 aliphatic carbocycles. The molecule has 0 aliphatic heterocycles. The van der Waals surface area contributed by atoms with Crippen LogP contribution in [-0.2, 0) is 11.3 Å². The number of carbonyl (C=O) groups is 1. The second kappa shape index (κ2) is 7.70. The number of thioether (sulfide) groups is 1. The molecule has 0 heterocycles. The van der Waals surface area contributed by atoms with Gasteiger partial charge in [0.15, 0.2) is 0 Å². The van der Waals surface area contributed by atoms with Gasteiger partial charge in [0.1, 0.15) is 0 Å². The van der Waals surface area contributed by atoms with Gasteiger partial charge in [0, 0.05) is 17.8 Å². The minimum Gasteiger partial charge on any atom is -0.465 e. The molecule has 2 rings (SSSR count). The van der Waals surface area contributed by atoms with Gasteiger partial charge in [0.2, 0.25) is 0 Å². The van der Waals surface area contributed by atoms with Crippen molar-refractivity contribution in [3.05, 3.63) is 35.4 Å². The number of ether oxygens (including phenoxy) is 1. The molecule has 1 saturated carbocycles. The molecular formula is C16H23NO2S. The smallest absolute Gasteiger partial charge is 0.337 e. The number of benzene rings is 1. The van der Waals surface area contributed by atoms with Gasteiger partial charge >= 0.3 is 5.97 Å². The zero-order valence-electron chi connectivity index (χ0n) is 12.2. The lowest BCUT2D eigenvalue weighted by Crippen LogP contribution is -2.33. The number of methoxy groups -OCH3 is 1. The number of hydrogen-bond acceptors (Lipinski definition) is 4. The molecule has 110 valence electrons. The monoisotopic (exact) mass is 293 g/mol. The van der Waals surface area contributed by atoms with Crippen molar-refractivity contribution < 1.29 is 9.53 Å². The lowest BCUT2D eigenvalue weighted by Gasteiger charge is -2.28. The molecule has 0 unspecified atom stereocenters. The van der Waals surface area contributed by atoms with E-state index < -0.39 is 0 Å². The van der Waals surface area contributed by atoms with Gasteiger partial charge in [-0.05, 0) is 49.6 Å². The predicted octanol–water partition coefficient (Wildman–Crippen LogP) is 3.24. The average Bonchev–Trinajstić information content (AvgIpc) is 2.53. The van der Waals surface area contributed by atoms with Crippen molar-refractivity contribution in [2.24, 2.45) is 0 Å². The molecule has 1 aromatic carbocycles. The van der Waals surface area contributed by atoms with Crippen LogP contribution >= 0.6 is 11.8 Å². The summed E-state index contributed by atoms with van der Waals surface area (Å²) in [6.45, 7) is 0.871. The number of carbonyl (C=O) groups excluding carboxylic acids is 1. The Hall–Kier alpha value is -1.00. The highest BCUT2D eigenvalue weighted by atomic mass is 32.2. The molecule has 1 N–H and O–H groups in total. The third kappa shape index (κ3) is 4.25. The normalized spacial score (nSPS) is 22.5. The van der Waals surface area contributed by atoms with Gasteiger partial charge in [0.25, 0.3) is 0 Å². The average molecular weight is 293 g/mol. The van der Waals surface area contributed by atoms with Crippen molar-refractivity contribution in [2.45, 2.75) is 43.5 Å². The Morgan fingerprint density at radius 3 is 2.45 bits per heavy atom. The van der Waals surface area contributed by atoms with E-state index in [1.54, 1.807) is 0 Å². The zero-order chi connectivity index (χ0) is 14.4. The Labute approximate surface area is 125 Å². The van der Waals surface area contributed by atoms with Crippen molar-refractivity contribution >= 4 is 17.7 Å². The Morgan fingerprint density at radius 2 is 1.90 bits per heavy atom. The summed E-state index contributed by atoms with van der Waals surface area (Å²) in [4.78, 5) is 11.3. The fraction of sp³-hybridized carbons (Fsp3) is 0.562. The van der Waals surface area contributed by atoms with Crippen LogP contribution < -0.4 is 5.32 Å². The number of esters is 1. The molecule has 0 spiro atoms. The Kier molecular flexibility index (Phi) is 5.92. The molecule has 0 atom stereocenters. The van der Waals surface area contributed by atoms with Crippen molar-refractivity contribution in [3.8, 4) is 0 Å². The number of hydrogen-bond donors (Lipinski definition) is 1. The highest BCUT2D eigenvalue weighted by molar-refractivity contribution is 7.99. The summed E-state index contributed by atoms with van der Waals surface area (Å²) in [5.74, 6) is -0.278. The highest BCUT2D eigenvalue weighted by Crippen LogP contribution is 2.26. The second-order valence-corrected chi connectivity index (χ2v) is 6.42.